The summed E-state index contributed by atoms with van der Waals surface area (Å²) < 4.78 is 17.0. The van der Waals surface area contributed by atoms with E-state index in [1.54, 1.807) is 19.2 Å². The van der Waals surface area contributed by atoms with Gasteiger partial charge in [-0.3, -0.25) is 4.79 Å². The molecule has 2 aromatic rings. The van der Waals surface area contributed by atoms with Crippen molar-refractivity contribution < 1.29 is 19.0 Å². The molecule has 2 rings (SSSR count). The molecular formula is C19H21BrO4. The van der Waals surface area contributed by atoms with Crippen molar-refractivity contribution in [2.75, 3.05) is 19.0 Å². The van der Waals surface area contributed by atoms with Crippen molar-refractivity contribution in [3.05, 3.63) is 47.5 Å². The van der Waals surface area contributed by atoms with Gasteiger partial charge in [0.1, 0.15) is 0 Å². The van der Waals surface area contributed by atoms with Crippen LogP contribution in [0, 0.1) is 6.92 Å². The van der Waals surface area contributed by atoms with Crippen LogP contribution in [0.2, 0.25) is 0 Å². The summed E-state index contributed by atoms with van der Waals surface area (Å²) in [6.45, 7) is 4.44. The Hall–Kier alpha value is -1.85. The summed E-state index contributed by atoms with van der Waals surface area (Å²) in [4.78, 5) is 11.6. The van der Waals surface area contributed by atoms with Crippen LogP contribution in [-0.4, -0.2) is 31.6 Å². The first-order valence-electron chi connectivity index (χ1n) is 7.72. The van der Waals surface area contributed by atoms with Gasteiger partial charge in [0, 0.05) is 17.7 Å². The van der Waals surface area contributed by atoms with E-state index in [2.05, 4.69) is 15.9 Å². The van der Waals surface area contributed by atoms with E-state index in [-0.39, 0.29) is 0 Å². The third kappa shape index (κ3) is 4.16. The third-order valence-corrected chi connectivity index (χ3v) is 4.10. The molecule has 1 atom stereocenters. The number of carbonyl (C=O) groups excluding carboxylic acids is 1. The summed E-state index contributed by atoms with van der Waals surface area (Å²) in [5.41, 5.74) is 3.28. The molecule has 0 saturated carbocycles. The highest BCUT2D eigenvalue weighted by molar-refractivity contribution is 9.09. The lowest BCUT2D eigenvalue weighted by molar-refractivity contribution is -0.0577. The van der Waals surface area contributed by atoms with Crippen LogP contribution >= 0.6 is 15.9 Å². The van der Waals surface area contributed by atoms with E-state index >= 15 is 0 Å². The third-order valence-electron chi connectivity index (χ3n) is 3.57. The summed E-state index contributed by atoms with van der Waals surface area (Å²) in [5, 5.41) is 0.503. The topological polar surface area (TPSA) is 44.8 Å². The number of rotatable bonds is 8. The smallest absolute Gasteiger partial charge is 0.209 e. The molecule has 2 aromatic carbocycles. The van der Waals surface area contributed by atoms with E-state index in [0.717, 1.165) is 17.4 Å². The average molecular weight is 393 g/mol. The average Bonchev–Trinajstić information content (AvgIpc) is 2.61. The van der Waals surface area contributed by atoms with Crippen LogP contribution < -0.4 is 9.47 Å². The second-order valence-corrected chi connectivity index (χ2v) is 5.85. The minimum absolute atomic E-state index is 0.477. The molecule has 0 N–H and O–H groups in total. The van der Waals surface area contributed by atoms with Gasteiger partial charge >= 0.3 is 0 Å². The van der Waals surface area contributed by atoms with Gasteiger partial charge in [-0.05, 0) is 31.5 Å². The van der Waals surface area contributed by atoms with Crippen molar-refractivity contribution in [3.63, 3.8) is 0 Å². The number of aryl methyl sites for hydroxylation is 1. The van der Waals surface area contributed by atoms with Crippen molar-refractivity contribution in [2.24, 2.45) is 0 Å². The predicted octanol–water partition coefficient (Wildman–Crippen LogP) is 4.62. The second-order valence-electron chi connectivity index (χ2n) is 5.20. The summed E-state index contributed by atoms with van der Waals surface area (Å²) in [6, 6.07) is 11.4. The Morgan fingerprint density at radius 2 is 1.88 bits per heavy atom. The van der Waals surface area contributed by atoms with Gasteiger partial charge in [-0.15, -0.1) is 0 Å². The van der Waals surface area contributed by atoms with E-state index in [1.165, 1.54) is 0 Å². The van der Waals surface area contributed by atoms with Crippen molar-refractivity contribution in [2.45, 2.75) is 20.1 Å². The van der Waals surface area contributed by atoms with E-state index in [9.17, 15) is 4.79 Å². The maximum atomic E-state index is 11.6. The molecule has 0 radical (unpaired) electrons. The molecule has 1 unspecified atom stereocenters. The molecule has 0 saturated heterocycles. The van der Waals surface area contributed by atoms with E-state index in [1.807, 2.05) is 38.1 Å². The zero-order valence-electron chi connectivity index (χ0n) is 14.0. The standard InChI is InChI=1S/C19H21BrO4/c1-4-23-17(11-20)24-19-16(22-3)10-9-15(12-21)18(19)14-7-5-13(2)6-8-14/h5-10,12,17H,4,11H2,1-3H3. The highest BCUT2D eigenvalue weighted by Gasteiger charge is 2.20. The summed E-state index contributed by atoms with van der Waals surface area (Å²) >= 11 is 3.39. The number of hydrogen-bond acceptors (Lipinski definition) is 4. The molecule has 0 aliphatic rings. The lowest BCUT2D eigenvalue weighted by atomic mass is 9.97. The van der Waals surface area contributed by atoms with E-state index in [4.69, 9.17) is 14.2 Å². The minimum Gasteiger partial charge on any atom is -0.493 e. The molecule has 0 heterocycles. The van der Waals surface area contributed by atoms with Crippen LogP contribution in [0.15, 0.2) is 36.4 Å². The number of ether oxygens (including phenoxy) is 3. The quantitative estimate of drug-likeness (QED) is 0.373. The Balaban J connectivity index is 2.60. The van der Waals surface area contributed by atoms with Crippen molar-refractivity contribution in [1.29, 1.82) is 0 Å². The zero-order valence-corrected chi connectivity index (χ0v) is 15.6. The maximum Gasteiger partial charge on any atom is 0.209 e. The van der Waals surface area contributed by atoms with Gasteiger partial charge in [0.2, 0.25) is 6.29 Å². The lowest BCUT2D eigenvalue weighted by Gasteiger charge is -2.22. The largest absolute Gasteiger partial charge is 0.493 e. The molecule has 0 bridgehead atoms. The fraction of sp³-hybridized carbons (Fsp3) is 0.316. The van der Waals surface area contributed by atoms with Gasteiger partial charge in [0.15, 0.2) is 17.8 Å². The Bertz CT molecular complexity index is 683. The zero-order chi connectivity index (χ0) is 17.5. The Kier molecular flexibility index (Phi) is 6.82. The van der Waals surface area contributed by atoms with Crippen LogP contribution in [0.4, 0.5) is 0 Å². The molecule has 0 amide bonds. The normalized spacial score (nSPS) is 11.8. The molecule has 0 aromatic heterocycles. The first-order chi connectivity index (χ1) is 11.6. The molecule has 0 spiro atoms. The highest BCUT2D eigenvalue weighted by atomic mass is 79.9. The highest BCUT2D eigenvalue weighted by Crippen LogP contribution is 2.41. The molecule has 0 aliphatic heterocycles. The van der Waals surface area contributed by atoms with Gasteiger partial charge in [0.05, 0.1) is 12.4 Å². The van der Waals surface area contributed by atoms with Gasteiger partial charge in [-0.2, -0.15) is 0 Å². The molecule has 24 heavy (non-hydrogen) atoms. The van der Waals surface area contributed by atoms with Crippen LogP contribution in [-0.2, 0) is 4.74 Å². The van der Waals surface area contributed by atoms with E-state index in [0.29, 0.717) is 34.6 Å². The molecule has 128 valence electrons. The van der Waals surface area contributed by atoms with Crippen molar-refractivity contribution in [1.82, 2.24) is 0 Å². The number of benzene rings is 2. The van der Waals surface area contributed by atoms with Crippen LogP contribution in [0.25, 0.3) is 11.1 Å². The summed E-state index contributed by atoms with van der Waals surface area (Å²) in [6.07, 6.45) is 0.348. The Labute approximate surface area is 150 Å². The Morgan fingerprint density at radius 1 is 1.17 bits per heavy atom. The number of methoxy groups -OCH3 is 1. The van der Waals surface area contributed by atoms with Gasteiger partial charge < -0.3 is 14.2 Å². The maximum absolute atomic E-state index is 11.6. The number of halogens is 1. The fourth-order valence-corrected chi connectivity index (χ4v) is 2.72. The number of aldehydes is 1. The summed E-state index contributed by atoms with van der Waals surface area (Å²) in [7, 11) is 1.57. The van der Waals surface area contributed by atoms with Gasteiger partial charge in [-0.25, -0.2) is 0 Å². The number of carbonyl (C=O) groups is 1. The lowest BCUT2D eigenvalue weighted by Crippen LogP contribution is -2.23. The van der Waals surface area contributed by atoms with Gasteiger partial charge in [-0.1, -0.05) is 45.8 Å². The minimum atomic E-state index is -0.477. The van der Waals surface area contributed by atoms with Crippen LogP contribution in [0.5, 0.6) is 11.5 Å². The molecule has 4 nitrogen and oxygen atoms in total. The second kappa shape index (κ2) is 8.85. The molecule has 5 heteroatoms. The SMILES string of the molecule is CCOC(CBr)Oc1c(OC)ccc(C=O)c1-c1ccc(C)cc1. The monoisotopic (exact) mass is 392 g/mol. The number of alkyl halides is 1. The molecule has 0 aliphatic carbocycles. The first kappa shape index (κ1) is 18.5. The van der Waals surface area contributed by atoms with Gasteiger partial charge in [0.25, 0.3) is 0 Å². The molecule has 0 fully saturated rings. The Morgan fingerprint density at radius 3 is 2.42 bits per heavy atom. The van der Waals surface area contributed by atoms with Crippen LogP contribution in [0.1, 0.15) is 22.8 Å². The van der Waals surface area contributed by atoms with E-state index < -0.39 is 6.29 Å². The van der Waals surface area contributed by atoms with Crippen LogP contribution in [0.3, 0.4) is 0 Å². The van der Waals surface area contributed by atoms with Crippen molar-refractivity contribution >= 4 is 22.2 Å². The predicted molar refractivity (Wildman–Crippen MR) is 98.4 cm³/mol. The fourth-order valence-electron chi connectivity index (χ4n) is 2.40. The molecular weight excluding hydrogens is 372 g/mol. The number of hydrogen-bond donors (Lipinski definition) is 0. The summed E-state index contributed by atoms with van der Waals surface area (Å²) in [5.74, 6) is 1.06. The first-order valence-corrected chi connectivity index (χ1v) is 8.84. The van der Waals surface area contributed by atoms with Crippen molar-refractivity contribution in [3.8, 4) is 22.6 Å².